The van der Waals surface area contributed by atoms with Crippen LogP contribution >= 0.6 is 11.6 Å². The minimum atomic E-state index is 0.199. The summed E-state index contributed by atoms with van der Waals surface area (Å²) in [5, 5.41) is 6.12. The van der Waals surface area contributed by atoms with Crippen LogP contribution < -0.4 is 5.73 Å². The Morgan fingerprint density at radius 3 is 2.48 bits per heavy atom. The Morgan fingerprint density at radius 1 is 0.957 bits per heavy atom. The summed E-state index contributed by atoms with van der Waals surface area (Å²) in [6.07, 6.45) is 1.69. The fourth-order valence-corrected chi connectivity index (χ4v) is 2.73. The van der Waals surface area contributed by atoms with Crippen molar-refractivity contribution in [2.24, 2.45) is 0 Å². The third-order valence-electron chi connectivity index (χ3n) is 3.57. The van der Waals surface area contributed by atoms with Gasteiger partial charge < -0.3 is 5.73 Å². The lowest BCUT2D eigenvalue weighted by Crippen LogP contribution is -2.01. The monoisotopic (exact) mass is 321 g/mol. The summed E-state index contributed by atoms with van der Waals surface area (Å²) in [6, 6.07) is 17.4. The first-order valence-electron chi connectivity index (χ1n) is 7.05. The number of benzene rings is 2. The van der Waals surface area contributed by atoms with Crippen LogP contribution in [0, 0.1) is 0 Å². The highest BCUT2D eigenvalue weighted by Crippen LogP contribution is 2.30. The molecule has 0 bridgehead atoms. The van der Waals surface area contributed by atoms with Gasteiger partial charge in [0.1, 0.15) is 5.69 Å². The predicted octanol–water partition coefficient (Wildman–Crippen LogP) is 3.72. The number of nitrogens with two attached hydrogens (primary N) is 1. The summed E-state index contributed by atoms with van der Waals surface area (Å²) in [7, 11) is 0. The second-order valence-electron chi connectivity index (χ2n) is 5.04. The van der Waals surface area contributed by atoms with Crippen molar-refractivity contribution in [1.82, 2.24) is 19.7 Å². The number of para-hydroxylation sites is 1. The van der Waals surface area contributed by atoms with E-state index in [1.807, 2.05) is 54.6 Å². The highest BCUT2D eigenvalue weighted by atomic mass is 35.5. The average molecular weight is 322 g/mol. The fraction of sp³-hybridized carbons (Fsp3) is 0. The van der Waals surface area contributed by atoms with E-state index in [-0.39, 0.29) is 5.95 Å². The molecule has 4 rings (SSSR count). The lowest BCUT2D eigenvalue weighted by molar-refractivity contribution is 0.900. The zero-order valence-corrected chi connectivity index (χ0v) is 12.8. The van der Waals surface area contributed by atoms with Crippen LogP contribution in [0.25, 0.3) is 28.0 Å². The standard InChI is InChI=1S/C17H12ClN5/c18-13-8-4-5-9-14(13)23-16-12(10-20-17(19)21-16)15(22-23)11-6-2-1-3-7-11/h1-10H,(H2,19,20,21). The Labute approximate surface area is 137 Å². The smallest absolute Gasteiger partial charge is 0.222 e. The molecule has 112 valence electrons. The van der Waals surface area contributed by atoms with E-state index in [1.54, 1.807) is 10.9 Å². The van der Waals surface area contributed by atoms with Gasteiger partial charge in [0.05, 0.1) is 16.1 Å². The maximum absolute atomic E-state index is 6.32. The lowest BCUT2D eigenvalue weighted by Gasteiger charge is -2.04. The molecule has 0 amide bonds. The number of halogens is 1. The Kier molecular flexibility index (Phi) is 3.20. The number of aromatic nitrogens is 4. The van der Waals surface area contributed by atoms with Gasteiger partial charge in [-0.05, 0) is 12.1 Å². The van der Waals surface area contributed by atoms with Crippen molar-refractivity contribution in [2.45, 2.75) is 0 Å². The summed E-state index contributed by atoms with van der Waals surface area (Å²) < 4.78 is 1.71. The van der Waals surface area contributed by atoms with Gasteiger partial charge >= 0.3 is 0 Å². The molecule has 0 radical (unpaired) electrons. The van der Waals surface area contributed by atoms with Gasteiger partial charge in [-0.3, -0.25) is 0 Å². The van der Waals surface area contributed by atoms with E-state index >= 15 is 0 Å². The number of rotatable bonds is 2. The Hall–Kier alpha value is -2.92. The van der Waals surface area contributed by atoms with Crippen LogP contribution in [0.4, 0.5) is 5.95 Å². The van der Waals surface area contributed by atoms with Crippen LogP contribution in [0.1, 0.15) is 0 Å². The summed E-state index contributed by atoms with van der Waals surface area (Å²) in [4.78, 5) is 8.45. The molecule has 4 aromatic rings. The molecule has 0 atom stereocenters. The van der Waals surface area contributed by atoms with E-state index in [1.165, 1.54) is 0 Å². The van der Waals surface area contributed by atoms with Gasteiger partial charge in [0.25, 0.3) is 0 Å². The average Bonchev–Trinajstić information content (AvgIpc) is 2.94. The van der Waals surface area contributed by atoms with Crippen molar-refractivity contribution in [2.75, 3.05) is 5.73 Å². The first-order valence-corrected chi connectivity index (χ1v) is 7.43. The van der Waals surface area contributed by atoms with Crippen molar-refractivity contribution >= 4 is 28.6 Å². The molecule has 2 heterocycles. The molecule has 0 aliphatic carbocycles. The first kappa shape index (κ1) is 13.7. The molecule has 0 fully saturated rings. The first-order chi connectivity index (χ1) is 11.2. The Bertz CT molecular complexity index is 994. The highest BCUT2D eigenvalue weighted by molar-refractivity contribution is 6.32. The maximum Gasteiger partial charge on any atom is 0.222 e. The van der Waals surface area contributed by atoms with Crippen LogP contribution in [0.2, 0.25) is 5.02 Å². The van der Waals surface area contributed by atoms with Gasteiger partial charge in [0.15, 0.2) is 5.65 Å². The quantitative estimate of drug-likeness (QED) is 0.611. The molecule has 0 unspecified atom stereocenters. The normalized spacial score (nSPS) is 11.0. The molecule has 23 heavy (non-hydrogen) atoms. The summed E-state index contributed by atoms with van der Waals surface area (Å²) >= 11 is 6.32. The second kappa shape index (κ2) is 5.37. The molecule has 6 heteroatoms. The van der Waals surface area contributed by atoms with Gasteiger partial charge in [0, 0.05) is 11.8 Å². The molecular weight excluding hydrogens is 310 g/mol. The largest absolute Gasteiger partial charge is 0.368 e. The third-order valence-corrected chi connectivity index (χ3v) is 3.89. The highest BCUT2D eigenvalue weighted by Gasteiger charge is 2.16. The topological polar surface area (TPSA) is 69.6 Å². The molecular formula is C17H12ClN5. The molecule has 0 spiro atoms. The number of nitrogens with zero attached hydrogens (tertiary/aromatic N) is 4. The van der Waals surface area contributed by atoms with E-state index in [9.17, 15) is 0 Å². The van der Waals surface area contributed by atoms with Crippen molar-refractivity contribution in [3.05, 3.63) is 65.8 Å². The van der Waals surface area contributed by atoms with E-state index in [0.29, 0.717) is 10.7 Å². The summed E-state index contributed by atoms with van der Waals surface area (Å²) in [5.41, 5.74) is 8.91. The van der Waals surface area contributed by atoms with E-state index < -0.39 is 0 Å². The van der Waals surface area contributed by atoms with Gasteiger partial charge in [-0.15, -0.1) is 0 Å². The maximum atomic E-state index is 6.32. The van der Waals surface area contributed by atoms with Gasteiger partial charge in [-0.1, -0.05) is 54.1 Å². The number of anilines is 1. The summed E-state index contributed by atoms with van der Waals surface area (Å²) in [6.45, 7) is 0. The van der Waals surface area contributed by atoms with E-state index in [0.717, 1.165) is 22.3 Å². The number of hydrogen-bond donors (Lipinski definition) is 1. The number of hydrogen-bond acceptors (Lipinski definition) is 4. The molecule has 5 nitrogen and oxygen atoms in total. The van der Waals surface area contributed by atoms with Gasteiger partial charge in [-0.25, -0.2) is 9.67 Å². The van der Waals surface area contributed by atoms with E-state index in [4.69, 9.17) is 22.4 Å². The predicted molar refractivity (Wildman–Crippen MR) is 91.5 cm³/mol. The molecule has 2 aromatic carbocycles. The fourth-order valence-electron chi connectivity index (χ4n) is 2.52. The molecule has 0 aliphatic heterocycles. The van der Waals surface area contributed by atoms with Crippen molar-refractivity contribution in [3.8, 4) is 16.9 Å². The zero-order valence-electron chi connectivity index (χ0n) is 12.0. The van der Waals surface area contributed by atoms with Crippen LogP contribution in [-0.4, -0.2) is 19.7 Å². The zero-order chi connectivity index (χ0) is 15.8. The van der Waals surface area contributed by atoms with Crippen LogP contribution in [0.5, 0.6) is 0 Å². The molecule has 0 aliphatic rings. The minimum Gasteiger partial charge on any atom is -0.368 e. The number of nitrogen functional groups attached to an aromatic ring is 1. The SMILES string of the molecule is Nc1ncc2c(-c3ccccc3)nn(-c3ccccc3Cl)c2n1. The Morgan fingerprint density at radius 2 is 1.70 bits per heavy atom. The summed E-state index contributed by atoms with van der Waals surface area (Å²) in [5.74, 6) is 0.199. The van der Waals surface area contributed by atoms with Crippen LogP contribution in [-0.2, 0) is 0 Å². The second-order valence-corrected chi connectivity index (χ2v) is 5.45. The lowest BCUT2D eigenvalue weighted by atomic mass is 10.1. The van der Waals surface area contributed by atoms with Crippen molar-refractivity contribution in [1.29, 1.82) is 0 Å². The van der Waals surface area contributed by atoms with Crippen LogP contribution in [0.3, 0.4) is 0 Å². The minimum absolute atomic E-state index is 0.199. The molecule has 0 saturated carbocycles. The molecule has 0 saturated heterocycles. The third kappa shape index (κ3) is 2.31. The van der Waals surface area contributed by atoms with Gasteiger partial charge in [0.2, 0.25) is 5.95 Å². The molecule has 2 N–H and O–H groups in total. The van der Waals surface area contributed by atoms with Crippen molar-refractivity contribution in [3.63, 3.8) is 0 Å². The molecule has 2 aromatic heterocycles. The van der Waals surface area contributed by atoms with Crippen molar-refractivity contribution < 1.29 is 0 Å². The Balaban J connectivity index is 2.06. The van der Waals surface area contributed by atoms with E-state index in [2.05, 4.69) is 9.97 Å². The van der Waals surface area contributed by atoms with Gasteiger partial charge in [-0.2, -0.15) is 10.1 Å². The number of fused-ring (bicyclic) bond motifs is 1. The van der Waals surface area contributed by atoms with Crippen LogP contribution in [0.15, 0.2) is 60.8 Å².